The molecule has 0 radical (unpaired) electrons. The van der Waals surface area contributed by atoms with E-state index in [4.69, 9.17) is 0 Å². The van der Waals surface area contributed by atoms with E-state index in [1.807, 2.05) is 42.5 Å². The van der Waals surface area contributed by atoms with Crippen molar-refractivity contribution in [3.63, 3.8) is 0 Å². The maximum Gasteiger partial charge on any atom is 0.124 e. The molecule has 0 amide bonds. The highest BCUT2D eigenvalue weighted by Gasteiger charge is 2.05. The van der Waals surface area contributed by atoms with Gasteiger partial charge in [-0.15, -0.1) is 0 Å². The van der Waals surface area contributed by atoms with E-state index in [2.05, 4.69) is 24.9 Å². The van der Waals surface area contributed by atoms with Gasteiger partial charge in [0.15, 0.2) is 0 Å². The number of nitrogens with zero attached hydrogens (tertiary/aromatic N) is 1. The topological polar surface area (TPSA) is 32.6 Å². The number of benzene rings is 3. The van der Waals surface area contributed by atoms with Crippen LogP contribution in [0.2, 0.25) is 0 Å². The van der Waals surface area contributed by atoms with E-state index in [0.29, 0.717) is 0 Å². The summed E-state index contributed by atoms with van der Waals surface area (Å²) in [5.41, 5.74) is 4.07. The van der Waals surface area contributed by atoms with E-state index in [-0.39, 0.29) is 5.75 Å². The second-order valence-electron chi connectivity index (χ2n) is 5.20. The highest BCUT2D eigenvalue weighted by molar-refractivity contribution is 6.03. The molecule has 0 bridgehead atoms. The molecule has 0 heterocycles. The number of rotatable bonds is 2. The highest BCUT2D eigenvalue weighted by atomic mass is 16.3. The molecule has 0 aliphatic heterocycles. The zero-order chi connectivity index (χ0) is 14.8. The lowest BCUT2D eigenvalue weighted by atomic mass is 10.0. The van der Waals surface area contributed by atoms with Crippen LogP contribution in [-0.2, 0) is 0 Å². The number of hydrogen-bond donors (Lipinski definition) is 1. The first-order valence-electron chi connectivity index (χ1n) is 6.98. The van der Waals surface area contributed by atoms with Gasteiger partial charge in [-0.3, -0.25) is 4.99 Å². The predicted octanol–water partition coefficient (Wildman–Crippen LogP) is 4.91. The molecule has 3 aromatic carbocycles. The molecule has 0 aliphatic carbocycles. The Balaban J connectivity index is 2.11. The average Bonchev–Trinajstić information content (AvgIpc) is 2.50. The molecule has 0 spiro atoms. The van der Waals surface area contributed by atoms with Gasteiger partial charge in [-0.1, -0.05) is 42.5 Å². The first-order chi connectivity index (χ1) is 10.2. The summed E-state index contributed by atoms with van der Waals surface area (Å²) in [7, 11) is 0. The predicted molar refractivity (Wildman–Crippen MR) is 88.8 cm³/mol. The first kappa shape index (κ1) is 13.4. The van der Waals surface area contributed by atoms with Crippen molar-refractivity contribution in [2.45, 2.75) is 13.8 Å². The van der Waals surface area contributed by atoms with Crippen molar-refractivity contribution in [3.8, 4) is 5.75 Å². The lowest BCUT2D eigenvalue weighted by molar-refractivity contribution is 0.475. The molecule has 2 nitrogen and oxygen atoms in total. The highest BCUT2D eigenvalue weighted by Crippen LogP contribution is 2.27. The zero-order valence-corrected chi connectivity index (χ0v) is 12.2. The van der Waals surface area contributed by atoms with Gasteiger partial charge in [-0.25, -0.2) is 0 Å². The normalized spacial score (nSPS) is 11.3. The van der Waals surface area contributed by atoms with Crippen LogP contribution in [-0.4, -0.2) is 11.3 Å². The number of phenols is 1. The van der Waals surface area contributed by atoms with Crippen molar-refractivity contribution in [2.24, 2.45) is 4.99 Å². The summed E-state index contributed by atoms with van der Waals surface area (Å²) in [5, 5.41) is 12.2. The van der Waals surface area contributed by atoms with E-state index in [1.165, 1.54) is 5.56 Å². The Kier molecular flexibility index (Phi) is 3.44. The van der Waals surface area contributed by atoms with Gasteiger partial charge in [0.1, 0.15) is 5.75 Å². The lowest BCUT2D eigenvalue weighted by Crippen LogP contribution is -1.87. The molecule has 1 N–H and O–H groups in total. The third kappa shape index (κ3) is 2.52. The van der Waals surface area contributed by atoms with Gasteiger partial charge >= 0.3 is 0 Å². The fourth-order valence-electron chi connectivity index (χ4n) is 2.43. The summed E-state index contributed by atoms with van der Waals surface area (Å²) >= 11 is 0. The monoisotopic (exact) mass is 275 g/mol. The second kappa shape index (κ2) is 5.41. The van der Waals surface area contributed by atoms with Gasteiger partial charge in [-0.2, -0.15) is 0 Å². The Morgan fingerprint density at radius 1 is 0.905 bits per heavy atom. The van der Waals surface area contributed by atoms with Crippen molar-refractivity contribution >= 4 is 22.7 Å². The average molecular weight is 275 g/mol. The van der Waals surface area contributed by atoms with Gasteiger partial charge in [0.25, 0.3) is 0 Å². The van der Waals surface area contributed by atoms with Crippen LogP contribution in [0.15, 0.2) is 59.6 Å². The first-order valence-corrected chi connectivity index (χ1v) is 6.98. The van der Waals surface area contributed by atoms with Crippen LogP contribution in [0.1, 0.15) is 16.7 Å². The molecule has 0 unspecified atom stereocenters. The standard InChI is InChI=1S/C19H17NO/c1-13-6-5-9-18(14(13)2)20-12-17-16-8-4-3-7-15(16)10-11-19(17)21/h3-12,21H,1-2H3. The molecule has 21 heavy (non-hydrogen) atoms. The minimum Gasteiger partial charge on any atom is -0.507 e. The van der Waals surface area contributed by atoms with Crippen molar-refractivity contribution in [1.82, 2.24) is 0 Å². The van der Waals surface area contributed by atoms with E-state index < -0.39 is 0 Å². The number of aromatic hydroxyl groups is 1. The molecule has 104 valence electrons. The Bertz CT molecular complexity index is 834. The van der Waals surface area contributed by atoms with Gasteiger partial charge in [0.05, 0.1) is 5.69 Å². The van der Waals surface area contributed by atoms with E-state index >= 15 is 0 Å². The largest absolute Gasteiger partial charge is 0.507 e. The summed E-state index contributed by atoms with van der Waals surface area (Å²) in [4.78, 5) is 4.56. The maximum absolute atomic E-state index is 10.1. The molecule has 3 rings (SSSR count). The Morgan fingerprint density at radius 2 is 1.71 bits per heavy atom. The van der Waals surface area contributed by atoms with Crippen LogP contribution in [0.3, 0.4) is 0 Å². The molecule has 0 aliphatic rings. The molecule has 0 saturated heterocycles. The third-order valence-corrected chi connectivity index (χ3v) is 3.86. The van der Waals surface area contributed by atoms with Crippen molar-refractivity contribution < 1.29 is 5.11 Å². The van der Waals surface area contributed by atoms with Gasteiger partial charge in [0.2, 0.25) is 0 Å². The Hall–Kier alpha value is -2.61. The van der Waals surface area contributed by atoms with E-state index in [9.17, 15) is 5.11 Å². The third-order valence-electron chi connectivity index (χ3n) is 3.86. The Labute approximate surface area is 124 Å². The van der Waals surface area contributed by atoms with E-state index in [0.717, 1.165) is 27.6 Å². The minimum atomic E-state index is 0.253. The van der Waals surface area contributed by atoms with Crippen LogP contribution in [0, 0.1) is 13.8 Å². The maximum atomic E-state index is 10.1. The molecule has 0 atom stereocenters. The molecular weight excluding hydrogens is 258 g/mol. The number of aryl methyl sites for hydroxylation is 1. The summed E-state index contributed by atoms with van der Waals surface area (Å²) in [6, 6.07) is 17.7. The smallest absolute Gasteiger partial charge is 0.124 e. The SMILES string of the molecule is Cc1cccc(N=Cc2c(O)ccc3ccccc23)c1C. The van der Waals surface area contributed by atoms with Gasteiger partial charge in [-0.05, 0) is 47.9 Å². The van der Waals surface area contributed by atoms with Gasteiger partial charge < -0.3 is 5.11 Å². The fraction of sp³-hybridized carbons (Fsp3) is 0.105. The zero-order valence-electron chi connectivity index (χ0n) is 12.2. The second-order valence-corrected chi connectivity index (χ2v) is 5.20. The van der Waals surface area contributed by atoms with Crippen LogP contribution in [0.4, 0.5) is 5.69 Å². The summed E-state index contributed by atoms with van der Waals surface area (Å²) < 4.78 is 0. The molecule has 2 heteroatoms. The molecule has 0 fully saturated rings. The van der Waals surface area contributed by atoms with Crippen LogP contribution >= 0.6 is 0 Å². The van der Waals surface area contributed by atoms with Crippen molar-refractivity contribution in [3.05, 3.63) is 71.3 Å². The fourth-order valence-corrected chi connectivity index (χ4v) is 2.43. The molecule has 0 aromatic heterocycles. The number of aliphatic imine (C=N–C) groups is 1. The number of fused-ring (bicyclic) bond motifs is 1. The lowest BCUT2D eigenvalue weighted by Gasteiger charge is -2.06. The van der Waals surface area contributed by atoms with Crippen molar-refractivity contribution in [1.29, 1.82) is 0 Å². The van der Waals surface area contributed by atoms with Crippen LogP contribution in [0.25, 0.3) is 10.8 Å². The van der Waals surface area contributed by atoms with Crippen LogP contribution < -0.4 is 0 Å². The van der Waals surface area contributed by atoms with Gasteiger partial charge in [0, 0.05) is 11.8 Å². The minimum absolute atomic E-state index is 0.253. The summed E-state index contributed by atoms with van der Waals surface area (Å²) in [5.74, 6) is 0.253. The van der Waals surface area contributed by atoms with Crippen LogP contribution in [0.5, 0.6) is 5.75 Å². The van der Waals surface area contributed by atoms with Crippen molar-refractivity contribution in [2.75, 3.05) is 0 Å². The molecular formula is C19H17NO. The summed E-state index contributed by atoms with van der Waals surface area (Å²) in [6.07, 6.45) is 1.75. The van der Waals surface area contributed by atoms with E-state index in [1.54, 1.807) is 12.3 Å². The quantitative estimate of drug-likeness (QED) is 0.662. The number of phenolic OH excluding ortho intramolecular Hbond substituents is 1. The Morgan fingerprint density at radius 3 is 2.57 bits per heavy atom. The summed E-state index contributed by atoms with van der Waals surface area (Å²) in [6.45, 7) is 4.13. The number of hydrogen-bond acceptors (Lipinski definition) is 2. The molecule has 3 aromatic rings. The molecule has 0 saturated carbocycles.